The van der Waals surface area contributed by atoms with Crippen molar-refractivity contribution in [1.82, 2.24) is 5.32 Å². The molecule has 0 spiro atoms. The van der Waals surface area contributed by atoms with E-state index in [9.17, 15) is 23.7 Å². The molecule has 8 heteroatoms. The van der Waals surface area contributed by atoms with Crippen LogP contribution in [0.5, 0.6) is 0 Å². The molecule has 0 fully saturated rings. The second-order valence-corrected chi connectivity index (χ2v) is 4.39. The van der Waals surface area contributed by atoms with Gasteiger partial charge in [0.2, 0.25) is 5.82 Å². The van der Waals surface area contributed by atoms with Gasteiger partial charge in [-0.1, -0.05) is 22.9 Å². The van der Waals surface area contributed by atoms with Crippen molar-refractivity contribution in [2.45, 2.75) is 19.4 Å². The number of nitro benzene ring substituents is 1. The molecule has 104 valence electrons. The van der Waals surface area contributed by atoms with Crippen LogP contribution in [-0.2, 0) is 0 Å². The molecule has 0 aliphatic heterocycles. The van der Waals surface area contributed by atoms with Crippen molar-refractivity contribution in [3.05, 3.63) is 39.4 Å². The van der Waals surface area contributed by atoms with E-state index in [0.717, 1.165) is 0 Å². The first-order chi connectivity index (χ1) is 8.92. The molecule has 1 N–H and O–H groups in total. The third kappa shape index (κ3) is 3.46. The van der Waals surface area contributed by atoms with Crippen molar-refractivity contribution < 1.29 is 18.5 Å². The molecule has 1 atom stereocenters. The molecule has 1 aromatic carbocycles. The molecule has 0 saturated carbocycles. The first-order valence-corrected chi connectivity index (χ1v) is 6.53. The van der Waals surface area contributed by atoms with Crippen LogP contribution in [0, 0.1) is 21.7 Å². The summed E-state index contributed by atoms with van der Waals surface area (Å²) in [6.45, 7) is 1.78. The number of nitrogens with zero attached hydrogens (tertiary/aromatic N) is 1. The molecule has 0 radical (unpaired) electrons. The number of hydrogen-bond acceptors (Lipinski definition) is 3. The summed E-state index contributed by atoms with van der Waals surface area (Å²) in [4.78, 5) is 21.3. The van der Waals surface area contributed by atoms with Gasteiger partial charge in [0.05, 0.1) is 4.92 Å². The van der Waals surface area contributed by atoms with Crippen LogP contribution in [0.1, 0.15) is 23.7 Å². The van der Waals surface area contributed by atoms with Crippen LogP contribution in [0.3, 0.4) is 0 Å². The van der Waals surface area contributed by atoms with Crippen LogP contribution >= 0.6 is 15.9 Å². The molecule has 1 amide bonds. The third-order valence-corrected chi connectivity index (χ3v) is 3.29. The van der Waals surface area contributed by atoms with Crippen molar-refractivity contribution in [2.75, 3.05) is 5.33 Å². The quantitative estimate of drug-likeness (QED) is 0.510. The van der Waals surface area contributed by atoms with E-state index in [1.54, 1.807) is 6.92 Å². The first kappa shape index (κ1) is 15.5. The molecule has 0 heterocycles. The minimum Gasteiger partial charge on any atom is -0.348 e. The lowest BCUT2D eigenvalue weighted by molar-refractivity contribution is -0.387. The second-order valence-electron chi connectivity index (χ2n) is 3.75. The summed E-state index contributed by atoms with van der Waals surface area (Å²) in [5.74, 6) is -3.61. The second kappa shape index (κ2) is 6.55. The Labute approximate surface area is 116 Å². The minimum absolute atomic E-state index is 0.314. The third-order valence-electron chi connectivity index (χ3n) is 2.51. The number of nitro groups is 1. The van der Waals surface area contributed by atoms with E-state index in [4.69, 9.17) is 0 Å². The molecule has 0 aliphatic rings. The number of benzene rings is 1. The Bertz CT molecular complexity index is 507. The fourth-order valence-electron chi connectivity index (χ4n) is 1.40. The minimum atomic E-state index is -1.47. The Balaban J connectivity index is 3.15. The molecular weight excluding hydrogens is 326 g/mol. The van der Waals surface area contributed by atoms with Gasteiger partial charge in [-0.3, -0.25) is 14.9 Å². The molecule has 0 aromatic heterocycles. The molecule has 0 bridgehead atoms. The fourth-order valence-corrected chi connectivity index (χ4v) is 2.02. The molecule has 0 saturated heterocycles. The van der Waals surface area contributed by atoms with E-state index in [1.807, 2.05) is 0 Å². The fraction of sp³-hybridized carbons (Fsp3) is 0.364. The Morgan fingerprint density at radius 3 is 2.63 bits per heavy atom. The van der Waals surface area contributed by atoms with Crippen molar-refractivity contribution in [2.24, 2.45) is 0 Å². The lowest BCUT2D eigenvalue weighted by Crippen LogP contribution is -2.36. The van der Waals surface area contributed by atoms with Crippen molar-refractivity contribution >= 4 is 27.5 Å². The normalized spacial score (nSPS) is 12.0. The number of halogens is 3. The largest absolute Gasteiger partial charge is 0.348 e. The van der Waals surface area contributed by atoms with Gasteiger partial charge in [-0.05, 0) is 12.5 Å². The van der Waals surface area contributed by atoms with Gasteiger partial charge < -0.3 is 5.32 Å². The van der Waals surface area contributed by atoms with Crippen LogP contribution in [0.15, 0.2) is 12.1 Å². The van der Waals surface area contributed by atoms with Gasteiger partial charge in [0.1, 0.15) is 11.4 Å². The van der Waals surface area contributed by atoms with Gasteiger partial charge in [0.15, 0.2) is 0 Å². The monoisotopic (exact) mass is 336 g/mol. The molecule has 1 rings (SSSR count). The maximum absolute atomic E-state index is 13.7. The summed E-state index contributed by atoms with van der Waals surface area (Å²) in [7, 11) is 0. The number of hydrogen-bond donors (Lipinski definition) is 1. The zero-order valence-corrected chi connectivity index (χ0v) is 11.5. The average Bonchev–Trinajstić information content (AvgIpc) is 2.35. The summed E-state index contributed by atoms with van der Waals surface area (Å²) >= 11 is 3.14. The summed E-state index contributed by atoms with van der Waals surface area (Å²) in [5.41, 5.74) is -1.87. The van der Waals surface area contributed by atoms with E-state index < -0.39 is 33.7 Å². The molecule has 0 aliphatic carbocycles. The van der Waals surface area contributed by atoms with E-state index in [0.29, 0.717) is 23.9 Å². The van der Waals surface area contributed by atoms with Gasteiger partial charge >= 0.3 is 5.69 Å². The SMILES string of the molecule is CCC(CBr)NC(=O)c1c(F)ccc([N+](=O)[O-])c1F. The van der Waals surface area contributed by atoms with Gasteiger partial charge in [-0.2, -0.15) is 4.39 Å². The Kier molecular flexibility index (Phi) is 5.34. The number of rotatable bonds is 5. The molecular formula is C11H11BrF2N2O3. The maximum Gasteiger partial charge on any atom is 0.305 e. The van der Waals surface area contributed by atoms with E-state index in [-0.39, 0.29) is 6.04 Å². The lowest BCUT2D eigenvalue weighted by atomic mass is 10.1. The van der Waals surface area contributed by atoms with Crippen molar-refractivity contribution in [3.8, 4) is 0 Å². The Morgan fingerprint density at radius 1 is 1.53 bits per heavy atom. The number of amides is 1. The molecule has 1 unspecified atom stereocenters. The smallest absolute Gasteiger partial charge is 0.305 e. The van der Waals surface area contributed by atoms with Crippen molar-refractivity contribution in [1.29, 1.82) is 0 Å². The van der Waals surface area contributed by atoms with Gasteiger partial charge in [-0.25, -0.2) is 4.39 Å². The van der Waals surface area contributed by atoms with Gasteiger partial charge in [0, 0.05) is 17.4 Å². The number of nitrogens with one attached hydrogen (secondary N) is 1. The molecule has 1 aromatic rings. The number of alkyl halides is 1. The van der Waals surface area contributed by atoms with Crippen LogP contribution in [0.25, 0.3) is 0 Å². The topological polar surface area (TPSA) is 72.2 Å². The number of carbonyl (C=O) groups is 1. The highest BCUT2D eigenvalue weighted by Gasteiger charge is 2.26. The highest BCUT2D eigenvalue weighted by molar-refractivity contribution is 9.09. The Hall–Kier alpha value is -1.57. The van der Waals surface area contributed by atoms with E-state index in [1.165, 1.54) is 0 Å². The predicted molar refractivity (Wildman–Crippen MR) is 68.4 cm³/mol. The standard InChI is InChI=1S/C11H11BrF2N2O3/c1-2-6(5-12)15-11(17)9-7(13)3-4-8(10(9)14)16(18)19/h3-4,6H,2,5H2,1H3,(H,15,17). The molecule has 5 nitrogen and oxygen atoms in total. The maximum atomic E-state index is 13.7. The van der Waals surface area contributed by atoms with E-state index >= 15 is 0 Å². The molecule has 19 heavy (non-hydrogen) atoms. The van der Waals surface area contributed by atoms with Crippen molar-refractivity contribution in [3.63, 3.8) is 0 Å². The summed E-state index contributed by atoms with van der Waals surface area (Å²) in [6, 6.07) is 1.07. The summed E-state index contributed by atoms with van der Waals surface area (Å²) in [6.07, 6.45) is 0.551. The lowest BCUT2D eigenvalue weighted by Gasteiger charge is -2.14. The van der Waals surface area contributed by atoms with E-state index in [2.05, 4.69) is 21.2 Å². The average molecular weight is 337 g/mol. The van der Waals surface area contributed by atoms with Crippen LogP contribution in [0.2, 0.25) is 0 Å². The zero-order valence-electron chi connectivity index (χ0n) is 9.95. The highest BCUT2D eigenvalue weighted by Crippen LogP contribution is 2.23. The number of carbonyl (C=O) groups excluding carboxylic acids is 1. The summed E-state index contributed by atoms with van der Waals surface area (Å²) in [5, 5.41) is 13.3. The Morgan fingerprint density at radius 2 is 2.16 bits per heavy atom. The summed E-state index contributed by atoms with van der Waals surface area (Å²) < 4.78 is 27.2. The van der Waals surface area contributed by atoms with Crippen LogP contribution in [-0.4, -0.2) is 22.2 Å². The first-order valence-electron chi connectivity index (χ1n) is 5.41. The van der Waals surface area contributed by atoms with Gasteiger partial charge in [-0.15, -0.1) is 0 Å². The highest BCUT2D eigenvalue weighted by atomic mass is 79.9. The van der Waals surface area contributed by atoms with Crippen LogP contribution < -0.4 is 5.32 Å². The van der Waals surface area contributed by atoms with Crippen LogP contribution in [0.4, 0.5) is 14.5 Å². The van der Waals surface area contributed by atoms with Gasteiger partial charge in [0.25, 0.3) is 5.91 Å². The predicted octanol–water partition coefficient (Wildman–Crippen LogP) is 2.78. The zero-order chi connectivity index (χ0) is 14.6.